The summed E-state index contributed by atoms with van der Waals surface area (Å²) in [7, 11) is -4.00. The minimum absolute atomic E-state index is 0.0966. The van der Waals surface area contributed by atoms with Gasteiger partial charge in [-0.3, -0.25) is 4.79 Å². The number of thiophene rings is 1. The van der Waals surface area contributed by atoms with Crippen molar-refractivity contribution in [2.45, 2.75) is 29.0 Å². The third-order valence-corrected chi connectivity index (χ3v) is 8.65. The van der Waals surface area contributed by atoms with E-state index in [-0.39, 0.29) is 10.6 Å². The van der Waals surface area contributed by atoms with Crippen LogP contribution in [0.15, 0.2) is 64.9 Å². The monoisotopic (exact) mass is 447 g/mol. The minimum atomic E-state index is -4.00. The SMILES string of the molecule is Cc1cc(S(=O)(=O)N[C@@]2(C(=O)O)C[C@@H]2c2ccccc2)sc1-c1ccc(Cl)cc1. The van der Waals surface area contributed by atoms with Crippen molar-refractivity contribution in [2.75, 3.05) is 0 Å². The summed E-state index contributed by atoms with van der Waals surface area (Å²) < 4.78 is 28.6. The van der Waals surface area contributed by atoms with Crippen LogP contribution in [-0.2, 0) is 14.8 Å². The molecule has 0 amide bonds. The summed E-state index contributed by atoms with van der Waals surface area (Å²) in [5.74, 6) is -1.56. The van der Waals surface area contributed by atoms with E-state index in [0.29, 0.717) is 5.02 Å². The number of nitrogens with one attached hydrogen (secondary N) is 1. The van der Waals surface area contributed by atoms with Gasteiger partial charge in [-0.05, 0) is 48.2 Å². The fourth-order valence-corrected chi connectivity index (χ4v) is 6.58. The van der Waals surface area contributed by atoms with Crippen LogP contribution in [0.2, 0.25) is 5.02 Å². The molecule has 0 bridgehead atoms. The number of halogens is 1. The van der Waals surface area contributed by atoms with E-state index in [2.05, 4.69) is 4.72 Å². The highest BCUT2D eigenvalue weighted by Gasteiger charge is 2.63. The highest BCUT2D eigenvalue weighted by Crippen LogP contribution is 2.52. The number of benzene rings is 2. The van der Waals surface area contributed by atoms with Crippen molar-refractivity contribution >= 4 is 38.9 Å². The molecule has 0 spiro atoms. The van der Waals surface area contributed by atoms with Gasteiger partial charge in [-0.2, -0.15) is 4.72 Å². The molecule has 1 fully saturated rings. The first-order valence-corrected chi connectivity index (χ1v) is 11.6. The van der Waals surface area contributed by atoms with Crippen molar-refractivity contribution in [1.82, 2.24) is 4.72 Å². The lowest BCUT2D eigenvalue weighted by Gasteiger charge is -2.14. The van der Waals surface area contributed by atoms with Gasteiger partial charge in [-0.1, -0.05) is 54.1 Å². The number of hydrogen-bond donors (Lipinski definition) is 2. The molecule has 2 N–H and O–H groups in total. The molecule has 0 unspecified atom stereocenters. The third kappa shape index (κ3) is 3.71. The summed E-state index contributed by atoms with van der Waals surface area (Å²) in [4.78, 5) is 12.8. The number of rotatable bonds is 6. The highest BCUT2D eigenvalue weighted by molar-refractivity contribution is 7.91. The topological polar surface area (TPSA) is 83.5 Å². The van der Waals surface area contributed by atoms with E-state index in [9.17, 15) is 18.3 Å². The average molecular weight is 448 g/mol. The maximum absolute atomic E-state index is 13.0. The number of aliphatic carboxylic acids is 1. The third-order valence-electron chi connectivity index (χ3n) is 5.13. The van der Waals surface area contributed by atoms with Crippen LogP contribution < -0.4 is 4.72 Å². The van der Waals surface area contributed by atoms with Crippen LogP contribution in [-0.4, -0.2) is 25.0 Å². The maximum Gasteiger partial charge on any atom is 0.325 e. The largest absolute Gasteiger partial charge is 0.480 e. The molecule has 5 nitrogen and oxygen atoms in total. The molecule has 0 radical (unpaired) electrons. The molecular weight excluding hydrogens is 430 g/mol. The summed E-state index contributed by atoms with van der Waals surface area (Å²) in [6, 6.07) is 17.8. The van der Waals surface area contributed by atoms with E-state index in [0.717, 1.165) is 32.9 Å². The zero-order valence-electron chi connectivity index (χ0n) is 15.4. The highest BCUT2D eigenvalue weighted by atomic mass is 35.5. The van der Waals surface area contributed by atoms with E-state index < -0.39 is 27.4 Å². The number of carboxylic acid groups (broad SMARTS) is 1. The van der Waals surface area contributed by atoms with Crippen LogP contribution in [0.1, 0.15) is 23.5 Å². The van der Waals surface area contributed by atoms with Gasteiger partial charge in [0.05, 0.1) is 0 Å². The number of carboxylic acids is 1. The predicted octanol–water partition coefficient (Wildman–Crippen LogP) is 4.67. The molecule has 1 heterocycles. The summed E-state index contributed by atoms with van der Waals surface area (Å²) in [5.41, 5.74) is 0.956. The average Bonchev–Trinajstić information content (AvgIpc) is 3.27. The number of sulfonamides is 1. The molecule has 0 saturated heterocycles. The molecule has 1 saturated carbocycles. The van der Waals surface area contributed by atoms with Crippen molar-refractivity contribution in [3.63, 3.8) is 0 Å². The van der Waals surface area contributed by atoms with E-state index in [1.165, 1.54) is 0 Å². The van der Waals surface area contributed by atoms with Gasteiger partial charge >= 0.3 is 5.97 Å². The quantitative estimate of drug-likeness (QED) is 0.575. The van der Waals surface area contributed by atoms with Crippen molar-refractivity contribution < 1.29 is 18.3 Å². The Labute approximate surface area is 178 Å². The lowest BCUT2D eigenvalue weighted by molar-refractivity contribution is -0.140. The van der Waals surface area contributed by atoms with Gasteiger partial charge in [0.15, 0.2) is 0 Å². The predicted molar refractivity (Wildman–Crippen MR) is 114 cm³/mol. The van der Waals surface area contributed by atoms with E-state index in [1.54, 1.807) is 18.2 Å². The Morgan fingerprint density at radius 3 is 2.45 bits per heavy atom. The Bertz CT molecular complexity index is 1170. The van der Waals surface area contributed by atoms with Gasteiger partial charge in [0.1, 0.15) is 9.75 Å². The zero-order valence-corrected chi connectivity index (χ0v) is 17.8. The lowest BCUT2D eigenvalue weighted by Crippen LogP contribution is -2.44. The molecule has 4 rings (SSSR count). The van der Waals surface area contributed by atoms with Gasteiger partial charge in [0, 0.05) is 15.8 Å². The number of carbonyl (C=O) groups is 1. The zero-order chi connectivity index (χ0) is 20.8. The van der Waals surface area contributed by atoms with Crippen LogP contribution in [0.4, 0.5) is 0 Å². The van der Waals surface area contributed by atoms with Crippen LogP contribution in [0.5, 0.6) is 0 Å². The standard InChI is InChI=1S/C21H18ClNO4S2/c1-13-11-18(28-19(13)15-7-9-16(22)10-8-15)29(26,27)23-21(20(24)25)12-17(21)14-5-3-2-4-6-14/h2-11,17,23H,12H2,1H3,(H,24,25)/t17-,21+/m1/s1. The maximum atomic E-state index is 13.0. The van der Waals surface area contributed by atoms with Crippen LogP contribution in [0, 0.1) is 6.92 Å². The second-order valence-electron chi connectivity index (χ2n) is 7.13. The van der Waals surface area contributed by atoms with Gasteiger partial charge < -0.3 is 5.11 Å². The number of hydrogen-bond acceptors (Lipinski definition) is 4. The van der Waals surface area contributed by atoms with Crippen molar-refractivity contribution in [3.05, 3.63) is 76.8 Å². The summed E-state index contributed by atoms with van der Waals surface area (Å²) in [5, 5.41) is 10.4. The Hall–Kier alpha value is -2.19. The smallest absolute Gasteiger partial charge is 0.325 e. The van der Waals surface area contributed by atoms with E-state index in [1.807, 2.05) is 49.4 Å². The lowest BCUT2D eigenvalue weighted by atomic mass is 10.1. The fourth-order valence-electron chi connectivity index (χ4n) is 3.51. The fraction of sp³-hybridized carbons (Fsp3) is 0.190. The Morgan fingerprint density at radius 1 is 1.17 bits per heavy atom. The van der Waals surface area contributed by atoms with Gasteiger partial charge in [-0.25, -0.2) is 8.42 Å². The van der Waals surface area contributed by atoms with Crippen molar-refractivity contribution in [1.29, 1.82) is 0 Å². The number of aryl methyl sites for hydroxylation is 1. The molecule has 3 aromatic rings. The van der Waals surface area contributed by atoms with Crippen LogP contribution in [0.3, 0.4) is 0 Å². The molecule has 1 aromatic heterocycles. The molecule has 2 aromatic carbocycles. The second-order valence-corrected chi connectivity index (χ2v) is 10.5. The normalized spacial score (nSPS) is 21.1. The molecule has 2 atom stereocenters. The Balaban J connectivity index is 1.65. The van der Waals surface area contributed by atoms with E-state index in [4.69, 9.17) is 11.6 Å². The van der Waals surface area contributed by atoms with Crippen LogP contribution in [0.25, 0.3) is 10.4 Å². The molecule has 150 valence electrons. The van der Waals surface area contributed by atoms with E-state index >= 15 is 0 Å². The Morgan fingerprint density at radius 2 is 1.83 bits per heavy atom. The van der Waals surface area contributed by atoms with Gasteiger partial charge in [-0.15, -0.1) is 11.3 Å². The van der Waals surface area contributed by atoms with Crippen molar-refractivity contribution in [2.24, 2.45) is 0 Å². The van der Waals surface area contributed by atoms with Gasteiger partial charge in [0.2, 0.25) is 0 Å². The Kier molecular flexibility index (Phi) is 5.02. The first kappa shape index (κ1) is 20.1. The second kappa shape index (κ2) is 7.25. The minimum Gasteiger partial charge on any atom is -0.480 e. The van der Waals surface area contributed by atoms with Crippen molar-refractivity contribution in [3.8, 4) is 10.4 Å². The summed E-state index contributed by atoms with van der Waals surface area (Å²) in [6.07, 6.45) is 0.222. The molecule has 8 heteroatoms. The van der Waals surface area contributed by atoms with Crippen LogP contribution >= 0.6 is 22.9 Å². The molecule has 0 aliphatic heterocycles. The van der Waals surface area contributed by atoms with Gasteiger partial charge in [0.25, 0.3) is 10.0 Å². The molecule has 29 heavy (non-hydrogen) atoms. The molecule has 1 aliphatic carbocycles. The molecule has 1 aliphatic rings. The summed E-state index contributed by atoms with van der Waals surface area (Å²) in [6.45, 7) is 1.83. The summed E-state index contributed by atoms with van der Waals surface area (Å²) >= 11 is 7.05. The first-order valence-electron chi connectivity index (χ1n) is 8.92. The first-order chi connectivity index (χ1) is 13.7. The molecular formula is C21H18ClNO4S2.